The number of benzene rings is 4. The van der Waals surface area contributed by atoms with Gasteiger partial charge in [-0.25, -0.2) is 9.67 Å². The number of likely N-dealkylation sites (N-methyl/N-ethyl adjacent to an activating group) is 1. The molecule has 1 aliphatic heterocycles. The normalized spacial score (nSPS) is 15.3. The number of carbonyl (C=O) groups is 4. The fraction of sp³-hybridized carbons (Fsp3) is 0.364. The van der Waals surface area contributed by atoms with Crippen molar-refractivity contribution in [3.8, 4) is 16.2 Å². The minimum Gasteiger partial charge on any atom is -0.492 e. The van der Waals surface area contributed by atoms with Crippen LogP contribution in [0.15, 0.2) is 121 Å². The molecule has 1 aliphatic rings. The van der Waals surface area contributed by atoms with Crippen LogP contribution in [0, 0.1) is 12.8 Å². The zero-order chi connectivity index (χ0) is 50.3. The summed E-state index contributed by atoms with van der Waals surface area (Å²) in [7, 11) is 1.76. The Bertz CT molecular complexity index is 2720. The number of amides is 4. The van der Waals surface area contributed by atoms with E-state index in [0.717, 1.165) is 45.0 Å². The number of aryl methyl sites for hydroxylation is 2. The summed E-state index contributed by atoms with van der Waals surface area (Å²) in [6.07, 6.45) is 2.49. The minimum atomic E-state index is -0.934. The predicted molar refractivity (Wildman–Crippen MR) is 275 cm³/mol. The van der Waals surface area contributed by atoms with E-state index in [1.54, 1.807) is 48.0 Å². The summed E-state index contributed by atoms with van der Waals surface area (Å²) in [6, 6.07) is 35.1. The number of β-amino-alcohol motifs (C(OH)–C–C–N with tert-alkyl or cyclic N) is 1. The standard InChI is InChI=1S/C55H64N8O7S/c1-6-47(40-13-9-7-10-14-40)51(41-15-11-8-12-16-41)42-21-24-46(25-22-42)70-30-27-61(5)50(66)26-23-44-33-62(60-59-44)28-29-69-35-49(65)58-52(37(2)3)55(68)63-34-45(64)31-48(63)54(67)56-32-39-17-19-43(20-18-39)53-38(4)57-36-71-53/h7-22,24-25,33,36-37,45,48,52,64H,6,23,26-32,34-35H2,1-5H3,(H,56,67)(H,58,65)/b51-47-/t45-,48+,52+/m1/s1. The van der Waals surface area contributed by atoms with Crippen LogP contribution in [0.1, 0.15) is 73.7 Å². The summed E-state index contributed by atoms with van der Waals surface area (Å²) in [5, 5.41) is 24.6. The van der Waals surface area contributed by atoms with E-state index in [2.05, 4.69) is 93.5 Å². The van der Waals surface area contributed by atoms with Crippen LogP contribution in [-0.4, -0.2) is 117 Å². The third kappa shape index (κ3) is 14.1. The van der Waals surface area contributed by atoms with Crippen LogP contribution in [0.5, 0.6) is 5.75 Å². The molecule has 7 rings (SSSR count). The number of hydrogen-bond acceptors (Lipinski definition) is 11. The van der Waals surface area contributed by atoms with Crippen molar-refractivity contribution in [3.63, 3.8) is 0 Å². The SMILES string of the molecule is CC/C(=C(\c1ccccc1)c1ccc(OCCN(C)C(=O)CCc2cn(CCOCC(=O)N[C@H](C(=O)N3C[C@H](O)C[C@H]3C(=O)NCc3ccc(-c4scnc4C)cc3)C(C)C)nn2)cc1)c1ccccc1. The van der Waals surface area contributed by atoms with Crippen LogP contribution in [0.3, 0.4) is 0 Å². The van der Waals surface area contributed by atoms with Crippen molar-refractivity contribution in [3.05, 3.63) is 155 Å². The van der Waals surface area contributed by atoms with Crippen molar-refractivity contribution in [2.45, 2.75) is 84.7 Å². The van der Waals surface area contributed by atoms with Crippen molar-refractivity contribution in [2.24, 2.45) is 5.92 Å². The first-order valence-electron chi connectivity index (χ1n) is 24.2. The summed E-state index contributed by atoms with van der Waals surface area (Å²) < 4.78 is 13.3. The molecular formula is C55H64N8O7S. The number of allylic oxidation sites excluding steroid dienone is 1. The number of carbonyl (C=O) groups excluding carboxylic acids is 4. The molecule has 0 aliphatic carbocycles. The monoisotopic (exact) mass is 980 g/mol. The molecule has 0 saturated carbocycles. The van der Waals surface area contributed by atoms with Crippen molar-refractivity contribution < 1.29 is 33.8 Å². The average molecular weight is 981 g/mol. The van der Waals surface area contributed by atoms with Crippen LogP contribution in [-0.2, 0) is 43.4 Å². The van der Waals surface area contributed by atoms with Gasteiger partial charge < -0.3 is 35.0 Å². The van der Waals surface area contributed by atoms with Gasteiger partial charge >= 0.3 is 0 Å². The fourth-order valence-corrected chi connectivity index (χ4v) is 9.42. The molecule has 15 nitrogen and oxygen atoms in total. The highest BCUT2D eigenvalue weighted by Gasteiger charge is 2.42. The van der Waals surface area contributed by atoms with Gasteiger partial charge in [0.05, 0.1) is 47.6 Å². The number of ether oxygens (including phenoxy) is 2. The molecule has 6 aromatic rings. The Kier molecular flexibility index (Phi) is 18.4. The van der Waals surface area contributed by atoms with E-state index in [9.17, 15) is 24.3 Å². The van der Waals surface area contributed by atoms with Crippen molar-refractivity contribution in [1.82, 2.24) is 40.4 Å². The van der Waals surface area contributed by atoms with Crippen LogP contribution < -0.4 is 15.4 Å². The van der Waals surface area contributed by atoms with Gasteiger partial charge in [-0.05, 0) is 70.4 Å². The van der Waals surface area contributed by atoms with Gasteiger partial charge in [0.25, 0.3) is 0 Å². The first-order chi connectivity index (χ1) is 34.4. The predicted octanol–water partition coefficient (Wildman–Crippen LogP) is 6.98. The van der Waals surface area contributed by atoms with Gasteiger partial charge in [-0.15, -0.1) is 16.4 Å². The molecule has 16 heteroatoms. The lowest BCUT2D eigenvalue weighted by Gasteiger charge is -2.30. The van der Waals surface area contributed by atoms with E-state index < -0.39 is 30.0 Å². The molecule has 1 fully saturated rings. The number of nitrogens with zero attached hydrogens (tertiary/aromatic N) is 6. The maximum Gasteiger partial charge on any atom is 0.246 e. The molecule has 0 unspecified atom stereocenters. The van der Waals surface area contributed by atoms with E-state index in [1.165, 1.54) is 21.6 Å². The Morgan fingerprint density at radius 1 is 0.901 bits per heavy atom. The van der Waals surface area contributed by atoms with E-state index in [1.807, 2.05) is 61.0 Å². The minimum absolute atomic E-state index is 0.0174. The molecule has 4 amide bonds. The molecule has 3 atom stereocenters. The Balaban J connectivity index is 0.804. The highest BCUT2D eigenvalue weighted by atomic mass is 32.1. The molecule has 4 aromatic carbocycles. The molecule has 0 bridgehead atoms. The maximum atomic E-state index is 13.8. The van der Waals surface area contributed by atoms with Gasteiger partial charge in [0.15, 0.2) is 0 Å². The first kappa shape index (κ1) is 51.8. The Hall–Kier alpha value is -7.01. The average Bonchev–Trinajstić information content (AvgIpc) is 4.15. The number of thiazole rings is 1. The van der Waals surface area contributed by atoms with Crippen molar-refractivity contribution >= 4 is 46.1 Å². The van der Waals surface area contributed by atoms with Crippen molar-refractivity contribution in [1.29, 1.82) is 0 Å². The lowest BCUT2D eigenvalue weighted by atomic mass is 9.88. The second kappa shape index (κ2) is 25.2. The smallest absolute Gasteiger partial charge is 0.246 e. The first-order valence-corrected chi connectivity index (χ1v) is 25.1. The Morgan fingerprint density at radius 3 is 2.25 bits per heavy atom. The quantitative estimate of drug-likeness (QED) is 0.0448. The molecular weight excluding hydrogens is 917 g/mol. The lowest BCUT2D eigenvalue weighted by molar-refractivity contribution is -0.143. The van der Waals surface area contributed by atoms with Crippen LogP contribution in [0.25, 0.3) is 21.6 Å². The summed E-state index contributed by atoms with van der Waals surface area (Å²) >= 11 is 1.57. The molecule has 1 saturated heterocycles. The zero-order valence-electron chi connectivity index (χ0n) is 41.1. The van der Waals surface area contributed by atoms with E-state index in [-0.39, 0.29) is 56.9 Å². The Morgan fingerprint density at radius 2 is 1.59 bits per heavy atom. The number of nitrogens with one attached hydrogen (secondary N) is 2. The number of hydrogen-bond donors (Lipinski definition) is 3. The summed E-state index contributed by atoms with van der Waals surface area (Å²) in [6.45, 7) is 8.91. The number of aromatic nitrogens is 4. The van der Waals surface area contributed by atoms with Crippen LogP contribution >= 0.6 is 11.3 Å². The molecule has 3 N–H and O–H groups in total. The molecule has 0 radical (unpaired) electrons. The molecule has 71 heavy (non-hydrogen) atoms. The molecule has 2 aromatic heterocycles. The van der Waals surface area contributed by atoms with E-state index >= 15 is 0 Å². The highest BCUT2D eigenvalue weighted by molar-refractivity contribution is 7.13. The van der Waals surface area contributed by atoms with Gasteiger partial charge in [-0.3, -0.25) is 19.2 Å². The number of aliphatic hydroxyl groups excluding tert-OH is 1. The topological polar surface area (TPSA) is 181 Å². The molecule has 3 heterocycles. The third-order valence-electron chi connectivity index (χ3n) is 12.5. The van der Waals surface area contributed by atoms with Gasteiger partial charge in [0, 0.05) is 45.6 Å². The zero-order valence-corrected chi connectivity index (χ0v) is 41.9. The lowest BCUT2D eigenvalue weighted by Crippen LogP contribution is -2.55. The Labute approximate surface area is 419 Å². The summed E-state index contributed by atoms with van der Waals surface area (Å²) in [5.41, 5.74) is 11.3. The summed E-state index contributed by atoms with van der Waals surface area (Å²) in [5.74, 6) is -0.932. The van der Waals surface area contributed by atoms with E-state index in [0.29, 0.717) is 31.8 Å². The molecule has 0 spiro atoms. The summed E-state index contributed by atoms with van der Waals surface area (Å²) in [4.78, 5) is 61.7. The van der Waals surface area contributed by atoms with Crippen molar-refractivity contribution in [2.75, 3.05) is 40.0 Å². The largest absolute Gasteiger partial charge is 0.492 e. The number of rotatable bonds is 23. The second-order valence-corrected chi connectivity index (χ2v) is 18.9. The molecule has 372 valence electrons. The fourth-order valence-electron chi connectivity index (χ4n) is 8.61. The third-order valence-corrected chi connectivity index (χ3v) is 13.5. The number of aliphatic hydroxyl groups is 1. The van der Waals surface area contributed by atoms with Gasteiger partial charge in [-0.1, -0.05) is 123 Å². The van der Waals surface area contributed by atoms with Gasteiger partial charge in [-0.2, -0.15) is 0 Å². The van der Waals surface area contributed by atoms with Gasteiger partial charge in [0.1, 0.15) is 31.0 Å². The van der Waals surface area contributed by atoms with Crippen LogP contribution in [0.2, 0.25) is 0 Å². The van der Waals surface area contributed by atoms with Gasteiger partial charge in [0.2, 0.25) is 23.6 Å². The van der Waals surface area contributed by atoms with Crippen LogP contribution in [0.4, 0.5) is 0 Å². The van der Waals surface area contributed by atoms with E-state index in [4.69, 9.17) is 9.47 Å². The highest BCUT2D eigenvalue weighted by Crippen LogP contribution is 2.35. The maximum absolute atomic E-state index is 13.8. The number of likely N-dealkylation sites (tertiary alicyclic amines) is 1. The second-order valence-electron chi connectivity index (χ2n) is 18.0.